The normalized spacial score (nSPS) is 24.4. The minimum Gasteiger partial charge on any atom is -0.394 e. The third-order valence-corrected chi connectivity index (χ3v) is 11.1. The van der Waals surface area contributed by atoms with Gasteiger partial charge in [-0.25, -0.2) is 0 Å². The smallest absolute Gasteiger partial charge is 0.245 e. The molecule has 406 valence electrons. The average molecular weight is 1020 g/mol. The molecule has 10 amide bonds. The Hall–Kier alpha value is -5.62. The lowest BCUT2D eigenvalue weighted by Crippen LogP contribution is -2.61. The van der Waals surface area contributed by atoms with Crippen LogP contribution in [0.5, 0.6) is 0 Å². The van der Waals surface area contributed by atoms with Crippen molar-refractivity contribution in [2.24, 2.45) is 46.2 Å². The molecule has 0 unspecified atom stereocenters. The number of hydrogen-bond acceptors (Lipinski definition) is 18. The van der Waals surface area contributed by atoms with Crippen LogP contribution in [0.15, 0.2) is 0 Å². The summed E-state index contributed by atoms with van der Waals surface area (Å²) in [7, 11) is 0. The molecule has 1 aliphatic rings. The molecular weight excluding hydrogens is 933 g/mol. The monoisotopic (exact) mass is 1010 g/mol. The number of carbonyl (C=O) groups is 10. The van der Waals surface area contributed by atoms with E-state index in [1.54, 1.807) is 27.7 Å². The van der Waals surface area contributed by atoms with Crippen LogP contribution in [-0.4, -0.2) is 182 Å². The molecule has 1 aliphatic heterocycles. The third kappa shape index (κ3) is 22.6. The molecule has 0 aliphatic carbocycles. The van der Waals surface area contributed by atoms with Crippen LogP contribution in [0.25, 0.3) is 0 Å². The zero-order chi connectivity index (χ0) is 54.0. The van der Waals surface area contributed by atoms with Crippen LogP contribution in [0, 0.1) is 11.8 Å². The van der Waals surface area contributed by atoms with Crippen molar-refractivity contribution < 1.29 is 58.2 Å². The predicted molar refractivity (Wildman–Crippen MR) is 259 cm³/mol. The summed E-state index contributed by atoms with van der Waals surface area (Å²) in [5.41, 5.74) is 34.5. The van der Waals surface area contributed by atoms with Gasteiger partial charge in [-0.1, -0.05) is 27.7 Å². The van der Waals surface area contributed by atoms with E-state index in [0.717, 1.165) is 0 Å². The molecule has 0 bridgehead atoms. The first-order valence-electron chi connectivity index (χ1n) is 24.0. The number of hydrogen-bond donors (Lipinski definition) is 18. The lowest BCUT2D eigenvalue weighted by atomic mass is 9.99. The highest BCUT2D eigenvalue weighted by atomic mass is 16.3. The molecular formula is C43H82N16O12. The third-order valence-electron chi connectivity index (χ3n) is 11.1. The minimum atomic E-state index is -1.66. The van der Waals surface area contributed by atoms with Gasteiger partial charge in [-0.05, 0) is 103 Å². The van der Waals surface area contributed by atoms with Crippen molar-refractivity contribution in [2.75, 3.05) is 45.9 Å². The van der Waals surface area contributed by atoms with Crippen molar-refractivity contribution in [2.45, 2.75) is 153 Å². The molecule has 0 radical (unpaired) electrons. The Morgan fingerprint density at radius 2 is 0.958 bits per heavy atom. The van der Waals surface area contributed by atoms with Gasteiger partial charge in [0.2, 0.25) is 59.1 Å². The summed E-state index contributed by atoms with van der Waals surface area (Å²) in [6.45, 7) is 6.49. The van der Waals surface area contributed by atoms with E-state index in [0.29, 0.717) is 0 Å². The Kier molecular flexibility index (Phi) is 29.6. The largest absolute Gasteiger partial charge is 0.394 e. The maximum absolute atomic E-state index is 14.2. The van der Waals surface area contributed by atoms with Crippen LogP contribution < -0.4 is 87.6 Å². The van der Waals surface area contributed by atoms with Crippen LogP contribution in [0.4, 0.5) is 0 Å². The average Bonchev–Trinajstić information content (AvgIpc) is 3.29. The molecule has 1 rings (SSSR count). The quantitative estimate of drug-likeness (QED) is 0.0479. The number of nitrogens with two attached hydrogens (primary N) is 6. The van der Waals surface area contributed by atoms with Crippen molar-refractivity contribution >= 4 is 59.1 Å². The van der Waals surface area contributed by atoms with Crippen molar-refractivity contribution in [3.05, 3.63) is 0 Å². The molecule has 0 saturated carbocycles. The summed E-state index contributed by atoms with van der Waals surface area (Å²) in [5.74, 6) is -9.39. The van der Waals surface area contributed by atoms with Gasteiger partial charge < -0.3 is 97.8 Å². The summed E-state index contributed by atoms with van der Waals surface area (Å²) in [5, 5.41) is 45.6. The highest BCUT2D eigenvalue weighted by Gasteiger charge is 2.36. The van der Waals surface area contributed by atoms with Crippen molar-refractivity contribution in [1.29, 1.82) is 0 Å². The van der Waals surface area contributed by atoms with E-state index in [1.807, 2.05) is 0 Å². The van der Waals surface area contributed by atoms with Gasteiger partial charge >= 0.3 is 0 Å². The molecule has 28 nitrogen and oxygen atoms in total. The second kappa shape index (κ2) is 33.1. The number of aliphatic hydroxyl groups excluding tert-OH is 2. The van der Waals surface area contributed by atoms with Gasteiger partial charge in [0.05, 0.1) is 18.8 Å². The SMILES string of the molecule is CC(C)C[C@@H]1NC(=O)[C@@H](CC(C)C)NC(=O)[C@H](CCN)NC(=O)[C@@H](NC(=O)[C@H](CCN)NC(=O)[C@H](CO)NC(=O)[C@@H](N)CCN)CCNC(=O)[C@H]([C@@H](C)O)NC(=O)[C@H](CCN)NC(=O)[C@H](CCN)NC1=O. The Morgan fingerprint density at radius 1 is 0.549 bits per heavy atom. The van der Waals surface area contributed by atoms with Crippen LogP contribution in [0.3, 0.4) is 0 Å². The molecule has 0 spiro atoms. The van der Waals surface area contributed by atoms with E-state index in [1.165, 1.54) is 6.92 Å². The number of amides is 10. The summed E-state index contributed by atoms with van der Waals surface area (Å²) in [6.07, 6.45) is -2.45. The van der Waals surface area contributed by atoms with Crippen molar-refractivity contribution in [1.82, 2.24) is 53.2 Å². The first-order chi connectivity index (χ1) is 33.5. The molecule has 11 atom stereocenters. The van der Waals surface area contributed by atoms with E-state index >= 15 is 0 Å². The second-order valence-electron chi connectivity index (χ2n) is 18.2. The Morgan fingerprint density at radius 3 is 1.37 bits per heavy atom. The van der Waals surface area contributed by atoms with E-state index in [-0.39, 0.29) is 89.5 Å². The van der Waals surface area contributed by atoms with Crippen LogP contribution >= 0.6 is 0 Å². The van der Waals surface area contributed by atoms with Gasteiger partial charge in [0.1, 0.15) is 54.4 Å². The topological polar surface area (TPSA) is 488 Å². The number of nitrogens with one attached hydrogen (secondary N) is 10. The van der Waals surface area contributed by atoms with Gasteiger partial charge in [0.15, 0.2) is 0 Å². The fraction of sp³-hybridized carbons (Fsp3) is 0.767. The first kappa shape index (κ1) is 63.4. The minimum absolute atomic E-state index is 0.0558. The lowest BCUT2D eigenvalue weighted by molar-refractivity contribution is -0.136. The van der Waals surface area contributed by atoms with Crippen LogP contribution in [0.1, 0.15) is 86.0 Å². The number of carbonyl (C=O) groups excluding carboxylic acids is 10. The zero-order valence-corrected chi connectivity index (χ0v) is 41.6. The van der Waals surface area contributed by atoms with Crippen molar-refractivity contribution in [3.8, 4) is 0 Å². The Bertz CT molecular complexity index is 1770. The number of aliphatic hydroxyl groups is 2. The van der Waals surface area contributed by atoms with Crippen LogP contribution in [0.2, 0.25) is 0 Å². The molecule has 0 aromatic rings. The molecule has 1 heterocycles. The van der Waals surface area contributed by atoms with E-state index in [2.05, 4.69) is 53.2 Å². The van der Waals surface area contributed by atoms with Gasteiger partial charge in [0.25, 0.3) is 0 Å². The van der Waals surface area contributed by atoms with Gasteiger partial charge in [0, 0.05) is 6.54 Å². The maximum Gasteiger partial charge on any atom is 0.245 e. The predicted octanol–water partition coefficient (Wildman–Crippen LogP) is -8.59. The van der Waals surface area contributed by atoms with Crippen molar-refractivity contribution in [3.63, 3.8) is 0 Å². The number of rotatable bonds is 22. The van der Waals surface area contributed by atoms with E-state index < -0.39 is 145 Å². The lowest BCUT2D eigenvalue weighted by Gasteiger charge is -2.29. The summed E-state index contributed by atoms with van der Waals surface area (Å²) >= 11 is 0. The van der Waals surface area contributed by atoms with Crippen LogP contribution in [-0.2, 0) is 47.9 Å². The van der Waals surface area contributed by atoms with Gasteiger partial charge in [-0.2, -0.15) is 0 Å². The Balaban J connectivity index is 3.87. The maximum atomic E-state index is 14.2. The fourth-order valence-corrected chi connectivity index (χ4v) is 7.21. The standard InChI is InChI=1S/C43H82N16O12/c1-21(2)18-30-40(68)53-25(7-13-45)35(63)52-28(10-16-48)39(67)59-33(23(5)61)43(71)50-17-11-29(38(66)51-27(9-15-47)37(65)56-31(19-22(3)4)41(69)57-30)55-36(64)26(8-14-46)54-42(70)32(20-60)58-34(62)24(49)6-12-44/h21-33,60-61H,6-20,44-49H2,1-5H3,(H,50,71)(H,51,66)(H,52,63)(H,53,68)(H,54,70)(H,55,64)(H,56,65)(H,57,69)(H,58,62)(H,59,67)/t23-,24+,25+,26+,27+,28+,29+,30+,31-,32+,33+/m1/s1. The highest BCUT2D eigenvalue weighted by Crippen LogP contribution is 2.11. The zero-order valence-electron chi connectivity index (χ0n) is 41.6. The second-order valence-corrected chi connectivity index (χ2v) is 18.2. The summed E-state index contributed by atoms with van der Waals surface area (Å²) in [4.78, 5) is 137. The molecule has 1 fully saturated rings. The van der Waals surface area contributed by atoms with E-state index in [9.17, 15) is 58.2 Å². The van der Waals surface area contributed by atoms with Gasteiger partial charge in [-0.3, -0.25) is 47.9 Å². The molecule has 0 aromatic heterocycles. The summed E-state index contributed by atoms with van der Waals surface area (Å²) < 4.78 is 0. The fourth-order valence-electron chi connectivity index (χ4n) is 7.21. The molecule has 0 aromatic carbocycles. The molecule has 28 heteroatoms. The molecule has 1 saturated heterocycles. The molecule has 71 heavy (non-hydrogen) atoms. The van der Waals surface area contributed by atoms with Gasteiger partial charge in [-0.15, -0.1) is 0 Å². The first-order valence-corrected chi connectivity index (χ1v) is 24.0. The highest BCUT2D eigenvalue weighted by molar-refractivity contribution is 5.99. The molecule has 24 N–H and O–H groups in total. The Labute approximate surface area is 414 Å². The summed E-state index contributed by atoms with van der Waals surface area (Å²) in [6, 6.07) is -14.1. The van der Waals surface area contributed by atoms with E-state index in [4.69, 9.17) is 34.4 Å².